The maximum Gasteiger partial charge on any atom is 0.257 e. The van der Waals surface area contributed by atoms with Crippen molar-refractivity contribution in [3.63, 3.8) is 0 Å². The highest BCUT2D eigenvalue weighted by molar-refractivity contribution is 8.00. The topological polar surface area (TPSA) is 93.6 Å². The summed E-state index contributed by atoms with van der Waals surface area (Å²) in [7, 11) is 0. The number of halogens is 1. The number of nitrogens with one attached hydrogen (secondary N) is 3. The van der Waals surface area contributed by atoms with Crippen molar-refractivity contribution >= 4 is 52.9 Å². The maximum atomic E-state index is 12.8. The number of amides is 1. The third kappa shape index (κ3) is 4.99. The van der Waals surface area contributed by atoms with Crippen LogP contribution in [-0.2, 0) is 4.74 Å². The summed E-state index contributed by atoms with van der Waals surface area (Å²) in [6.45, 7) is 1.21. The van der Waals surface area contributed by atoms with Crippen molar-refractivity contribution in [2.24, 2.45) is 4.99 Å². The van der Waals surface area contributed by atoms with E-state index in [0.717, 1.165) is 35.6 Å². The molecule has 2 heterocycles. The van der Waals surface area contributed by atoms with Gasteiger partial charge in [-0.15, -0.1) is 0 Å². The van der Waals surface area contributed by atoms with E-state index in [0.29, 0.717) is 28.7 Å². The van der Waals surface area contributed by atoms with Crippen molar-refractivity contribution in [2.45, 2.75) is 0 Å². The summed E-state index contributed by atoms with van der Waals surface area (Å²) in [4.78, 5) is 20.1. The first-order valence-electron chi connectivity index (χ1n) is 9.56. The van der Waals surface area contributed by atoms with E-state index in [9.17, 15) is 4.79 Å². The van der Waals surface area contributed by atoms with E-state index in [2.05, 4.69) is 15.3 Å². The number of carbonyl (C=O) groups excluding carboxylic acids is 1. The number of carbonyl (C=O) groups is 1. The van der Waals surface area contributed by atoms with Gasteiger partial charge in [0.2, 0.25) is 0 Å². The highest BCUT2D eigenvalue weighted by atomic mass is 35.5. The van der Waals surface area contributed by atoms with E-state index < -0.39 is 0 Å². The van der Waals surface area contributed by atoms with Gasteiger partial charge in [-0.3, -0.25) is 14.5 Å². The quantitative estimate of drug-likeness (QED) is 0.283. The van der Waals surface area contributed by atoms with Crippen LogP contribution in [0, 0.1) is 5.41 Å². The molecule has 0 aliphatic carbocycles. The maximum absolute atomic E-state index is 12.8. The standard InChI is InChI=1S/C22H20ClN5O2S/c23-19-12-17(28-14-30-9-10-31-28)6-7-18(19)22(29)27-16-4-1-3-15(11-16)21(26-13-24)20-5-2-8-25-20/h1-8,11-13,24-25H,9-10,14H2,(H,27,29). The Morgan fingerprint density at radius 3 is 2.87 bits per heavy atom. The first kappa shape index (κ1) is 21.2. The molecule has 0 unspecified atom stereocenters. The van der Waals surface area contributed by atoms with Crippen LogP contribution in [0.3, 0.4) is 0 Å². The Labute approximate surface area is 189 Å². The second-order valence-corrected chi connectivity index (χ2v) is 8.15. The number of aromatic amines is 1. The number of ether oxygens (including phenoxy) is 1. The average molecular weight is 454 g/mol. The van der Waals surface area contributed by atoms with Crippen LogP contribution in [0.2, 0.25) is 5.02 Å². The SMILES string of the molecule is N=CN=C(c1cccc(NC(=O)c2ccc(N3COCCS3)cc2Cl)c1)c1ccc[nH]1. The van der Waals surface area contributed by atoms with Crippen LogP contribution >= 0.6 is 23.5 Å². The Balaban J connectivity index is 1.53. The highest BCUT2D eigenvalue weighted by Gasteiger charge is 2.17. The number of aliphatic imine (C=N–C) groups is 1. The zero-order chi connectivity index (χ0) is 21.6. The molecule has 0 spiro atoms. The first-order valence-corrected chi connectivity index (χ1v) is 10.9. The normalized spacial score (nSPS) is 14.4. The van der Waals surface area contributed by atoms with Crippen molar-refractivity contribution in [3.05, 3.63) is 82.6 Å². The highest BCUT2D eigenvalue weighted by Crippen LogP contribution is 2.30. The third-order valence-electron chi connectivity index (χ3n) is 4.61. The minimum absolute atomic E-state index is 0.304. The molecule has 0 saturated carbocycles. The summed E-state index contributed by atoms with van der Waals surface area (Å²) in [6, 6.07) is 16.4. The van der Waals surface area contributed by atoms with E-state index in [1.54, 1.807) is 36.3 Å². The van der Waals surface area contributed by atoms with Crippen molar-refractivity contribution in [1.82, 2.24) is 4.98 Å². The molecule has 2 aromatic carbocycles. The number of hydrogen-bond donors (Lipinski definition) is 3. The van der Waals surface area contributed by atoms with E-state index >= 15 is 0 Å². The minimum Gasteiger partial charge on any atom is -0.360 e. The van der Waals surface area contributed by atoms with Gasteiger partial charge < -0.3 is 15.0 Å². The lowest BCUT2D eigenvalue weighted by Crippen LogP contribution is -2.25. The van der Waals surface area contributed by atoms with Crippen molar-refractivity contribution in [1.29, 1.82) is 5.41 Å². The summed E-state index contributed by atoms with van der Waals surface area (Å²) in [5.74, 6) is 0.573. The monoisotopic (exact) mass is 453 g/mol. The number of anilines is 2. The number of rotatable bonds is 6. The molecule has 31 heavy (non-hydrogen) atoms. The molecule has 3 aromatic rings. The summed E-state index contributed by atoms with van der Waals surface area (Å²) >= 11 is 8.08. The average Bonchev–Trinajstić information content (AvgIpc) is 3.32. The zero-order valence-corrected chi connectivity index (χ0v) is 18.0. The van der Waals surface area contributed by atoms with Crippen LogP contribution < -0.4 is 9.62 Å². The molecular formula is C22H20ClN5O2S. The third-order valence-corrected chi connectivity index (χ3v) is 5.90. The fraction of sp³-hybridized carbons (Fsp3) is 0.136. The summed E-state index contributed by atoms with van der Waals surface area (Å²) in [5.41, 5.74) is 4.05. The van der Waals surface area contributed by atoms with E-state index in [1.165, 1.54) is 0 Å². The molecule has 0 bridgehead atoms. The van der Waals surface area contributed by atoms with Crippen LogP contribution in [0.5, 0.6) is 0 Å². The number of hydrogen-bond acceptors (Lipinski definition) is 5. The van der Waals surface area contributed by atoms with Gasteiger partial charge in [0.05, 0.1) is 34.3 Å². The van der Waals surface area contributed by atoms with Crippen LogP contribution in [0.25, 0.3) is 0 Å². The van der Waals surface area contributed by atoms with E-state index in [4.69, 9.17) is 21.7 Å². The molecule has 0 atom stereocenters. The van der Waals surface area contributed by atoms with Gasteiger partial charge in [-0.05, 0) is 54.4 Å². The second kappa shape index (κ2) is 9.82. The molecule has 7 nitrogen and oxygen atoms in total. The predicted molar refractivity (Wildman–Crippen MR) is 127 cm³/mol. The Kier molecular flexibility index (Phi) is 6.71. The van der Waals surface area contributed by atoms with E-state index in [-0.39, 0.29) is 5.91 Å². The molecule has 0 radical (unpaired) electrons. The van der Waals surface area contributed by atoms with Gasteiger partial charge in [0.25, 0.3) is 5.91 Å². The first-order chi connectivity index (χ1) is 15.2. The zero-order valence-electron chi connectivity index (χ0n) is 16.5. The number of aromatic nitrogens is 1. The second-order valence-electron chi connectivity index (χ2n) is 6.64. The fourth-order valence-electron chi connectivity index (χ4n) is 3.17. The van der Waals surface area contributed by atoms with Gasteiger partial charge in [0, 0.05) is 23.2 Å². The molecule has 4 rings (SSSR count). The lowest BCUT2D eigenvalue weighted by atomic mass is 10.1. The van der Waals surface area contributed by atoms with Crippen molar-refractivity contribution < 1.29 is 9.53 Å². The number of benzene rings is 2. The van der Waals surface area contributed by atoms with Gasteiger partial charge in [0.15, 0.2) is 0 Å². The molecule has 1 saturated heterocycles. The number of nitrogens with zero attached hydrogens (tertiary/aromatic N) is 2. The Hall–Kier alpha value is -3.07. The molecular weight excluding hydrogens is 434 g/mol. The lowest BCUT2D eigenvalue weighted by Gasteiger charge is -2.27. The molecule has 1 amide bonds. The molecule has 158 valence electrons. The Morgan fingerprint density at radius 2 is 2.16 bits per heavy atom. The van der Waals surface area contributed by atoms with Crippen molar-refractivity contribution in [2.75, 3.05) is 28.7 Å². The van der Waals surface area contributed by atoms with E-state index in [1.807, 2.05) is 40.7 Å². The summed E-state index contributed by atoms with van der Waals surface area (Å²) in [5, 5.41) is 10.6. The van der Waals surface area contributed by atoms with Crippen molar-refractivity contribution in [3.8, 4) is 0 Å². The van der Waals surface area contributed by atoms with Crippen LogP contribution in [0.4, 0.5) is 11.4 Å². The molecule has 1 fully saturated rings. The van der Waals surface area contributed by atoms with Gasteiger partial charge in [-0.1, -0.05) is 23.7 Å². The minimum atomic E-state index is -0.304. The summed E-state index contributed by atoms with van der Waals surface area (Å²) in [6.07, 6.45) is 2.79. The fourth-order valence-corrected chi connectivity index (χ4v) is 4.25. The molecule has 3 N–H and O–H groups in total. The molecule has 1 aliphatic heterocycles. The van der Waals surface area contributed by atoms with Crippen LogP contribution in [0.1, 0.15) is 21.6 Å². The molecule has 1 aromatic heterocycles. The predicted octanol–water partition coefficient (Wildman–Crippen LogP) is 4.81. The lowest BCUT2D eigenvalue weighted by molar-refractivity contribution is 0.102. The van der Waals surface area contributed by atoms with Crippen LogP contribution in [0.15, 0.2) is 65.8 Å². The summed E-state index contributed by atoms with van der Waals surface area (Å²) < 4.78 is 7.47. The largest absolute Gasteiger partial charge is 0.360 e. The Morgan fingerprint density at radius 1 is 1.26 bits per heavy atom. The van der Waals surface area contributed by atoms with Gasteiger partial charge in [-0.25, -0.2) is 4.99 Å². The van der Waals surface area contributed by atoms with Crippen LogP contribution in [-0.4, -0.2) is 42.0 Å². The molecule has 1 aliphatic rings. The smallest absolute Gasteiger partial charge is 0.257 e. The van der Waals surface area contributed by atoms with Gasteiger partial charge >= 0.3 is 0 Å². The van der Waals surface area contributed by atoms with Gasteiger partial charge in [0.1, 0.15) is 13.1 Å². The number of H-pyrrole nitrogens is 1. The molecule has 9 heteroatoms. The Bertz CT molecular complexity index is 1110. The van der Waals surface area contributed by atoms with Gasteiger partial charge in [-0.2, -0.15) is 0 Å².